The summed E-state index contributed by atoms with van der Waals surface area (Å²) in [6.45, 7) is -0.232. The van der Waals surface area contributed by atoms with Crippen molar-refractivity contribution in [2.75, 3.05) is 12.3 Å². The number of nitrogen functional groups attached to an aromatic ring is 1. The molecule has 0 aliphatic rings. The molecule has 0 saturated carbocycles. The first-order chi connectivity index (χ1) is 7.15. The molecule has 0 spiro atoms. The number of aromatic nitrogens is 2. The van der Waals surface area contributed by atoms with Crippen molar-refractivity contribution in [3.8, 4) is 0 Å². The van der Waals surface area contributed by atoms with Gasteiger partial charge in [-0.3, -0.25) is 4.98 Å². The molecule has 0 saturated heterocycles. The van der Waals surface area contributed by atoms with Crippen LogP contribution in [0, 0.1) is 0 Å². The highest BCUT2D eigenvalue weighted by Crippen LogP contribution is 2.14. The van der Waals surface area contributed by atoms with E-state index < -0.39 is 12.2 Å². The Balaban J connectivity index is 2.70. The maximum Gasteiger partial charge on any atom is 0.141 e. The van der Waals surface area contributed by atoms with E-state index in [9.17, 15) is 10.2 Å². The number of aliphatic hydroxyl groups is 2. The Kier molecular flexibility index (Phi) is 3.81. The van der Waals surface area contributed by atoms with Gasteiger partial charge in [-0.05, 0) is 5.53 Å². The Hall–Kier alpha value is -1.89. The second-order valence-electron chi connectivity index (χ2n) is 2.79. The van der Waals surface area contributed by atoms with E-state index in [-0.39, 0.29) is 18.1 Å². The zero-order valence-electron chi connectivity index (χ0n) is 7.72. The highest BCUT2D eigenvalue weighted by atomic mass is 16.3. The summed E-state index contributed by atoms with van der Waals surface area (Å²) in [6, 6.07) is 0. The lowest BCUT2D eigenvalue weighted by atomic mass is 10.1. The van der Waals surface area contributed by atoms with Crippen LogP contribution in [0.2, 0.25) is 0 Å². The first-order valence-electron chi connectivity index (χ1n) is 4.09. The zero-order chi connectivity index (χ0) is 11.3. The number of nitrogens with two attached hydrogens (primary N) is 1. The first-order valence-corrected chi connectivity index (χ1v) is 4.09. The van der Waals surface area contributed by atoms with E-state index in [1.807, 2.05) is 0 Å². The van der Waals surface area contributed by atoms with E-state index in [4.69, 9.17) is 11.3 Å². The van der Waals surface area contributed by atoms with Crippen molar-refractivity contribution in [2.45, 2.75) is 12.2 Å². The fraction of sp³-hybridized carbons (Fsp3) is 0.429. The van der Waals surface area contributed by atoms with Crippen LogP contribution >= 0.6 is 0 Å². The summed E-state index contributed by atoms with van der Waals surface area (Å²) < 4.78 is 0. The lowest BCUT2D eigenvalue weighted by molar-refractivity contribution is 0.0216. The second-order valence-corrected chi connectivity index (χ2v) is 2.79. The van der Waals surface area contributed by atoms with Crippen molar-refractivity contribution in [3.63, 3.8) is 0 Å². The molecule has 15 heavy (non-hydrogen) atoms. The van der Waals surface area contributed by atoms with E-state index in [0.717, 1.165) is 0 Å². The number of hydrogen-bond donors (Lipinski definition) is 3. The van der Waals surface area contributed by atoms with Gasteiger partial charge in [-0.25, -0.2) is 4.98 Å². The Morgan fingerprint density at radius 2 is 2.20 bits per heavy atom. The van der Waals surface area contributed by atoms with E-state index in [2.05, 4.69) is 20.0 Å². The van der Waals surface area contributed by atoms with Crippen molar-refractivity contribution >= 4 is 5.82 Å². The molecule has 4 N–H and O–H groups in total. The SMILES string of the molecule is [N-]=[N+]=NCC(O)C(O)c1cnc(N)cn1. The van der Waals surface area contributed by atoms with Gasteiger partial charge in [0.05, 0.1) is 30.7 Å². The van der Waals surface area contributed by atoms with Gasteiger partial charge in [-0.2, -0.15) is 0 Å². The molecule has 2 unspecified atom stereocenters. The van der Waals surface area contributed by atoms with Gasteiger partial charge in [0.1, 0.15) is 11.9 Å². The van der Waals surface area contributed by atoms with Crippen LogP contribution in [0.4, 0.5) is 5.82 Å². The summed E-state index contributed by atoms with van der Waals surface area (Å²) in [5, 5.41) is 22.0. The van der Waals surface area contributed by atoms with Crippen LogP contribution in [-0.4, -0.2) is 32.8 Å². The standard InChI is InChI=1S/C7H10N6O2/c8-6-3-10-4(1-11-6)7(15)5(14)2-12-13-9/h1,3,5,7,14-15H,2H2,(H2,8,11). The van der Waals surface area contributed by atoms with E-state index in [0.29, 0.717) is 0 Å². The molecule has 8 nitrogen and oxygen atoms in total. The van der Waals surface area contributed by atoms with Crippen LogP contribution in [0.5, 0.6) is 0 Å². The zero-order valence-corrected chi connectivity index (χ0v) is 7.72. The fourth-order valence-electron chi connectivity index (χ4n) is 0.918. The summed E-state index contributed by atoms with van der Waals surface area (Å²) in [4.78, 5) is 9.94. The second kappa shape index (κ2) is 5.11. The molecule has 0 radical (unpaired) electrons. The van der Waals surface area contributed by atoms with Gasteiger partial charge in [0.2, 0.25) is 0 Å². The molecule has 0 fully saturated rings. The summed E-state index contributed by atoms with van der Waals surface area (Å²) >= 11 is 0. The maximum atomic E-state index is 9.53. The third-order valence-corrected chi connectivity index (χ3v) is 1.69. The van der Waals surface area contributed by atoms with Crippen LogP contribution in [-0.2, 0) is 0 Å². The predicted octanol–water partition coefficient (Wildman–Crippen LogP) is -0.237. The lowest BCUT2D eigenvalue weighted by Gasteiger charge is -2.14. The van der Waals surface area contributed by atoms with E-state index >= 15 is 0 Å². The predicted molar refractivity (Wildman–Crippen MR) is 51.4 cm³/mol. The number of nitrogens with zero attached hydrogens (tertiary/aromatic N) is 5. The molecule has 0 aromatic carbocycles. The van der Waals surface area contributed by atoms with E-state index in [1.165, 1.54) is 12.4 Å². The lowest BCUT2D eigenvalue weighted by Crippen LogP contribution is -2.22. The molecule has 1 aromatic rings. The molecular weight excluding hydrogens is 200 g/mol. The van der Waals surface area contributed by atoms with Crippen LogP contribution in [0.1, 0.15) is 11.8 Å². The quantitative estimate of drug-likeness (QED) is 0.357. The summed E-state index contributed by atoms with van der Waals surface area (Å²) in [5.41, 5.74) is 13.5. The minimum absolute atomic E-state index is 0.171. The smallest absolute Gasteiger partial charge is 0.141 e. The molecule has 80 valence electrons. The van der Waals surface area contributed by atoms with Gasteiger partial charge in [0, 0.05) is 4.91 Å². The molecule has 1 rings (SSSR count). The van der Waals surface area contributed by atoms with Gasteiger partial charge >= 0.3 is 0 Å². The third kappa shape index (κ3) is 3.06. The average Bonchev–Trinajstić information content (AvgIpc) is 2.26. The van der Waals surface area contributed by atoms with Crippen LogP contribution < -0.4 is 5.73 Å². The third-order valence-electron chi connectivity index (χ3n) is 1.69. The van der Waals surface area contributed by atoms with Gasteiger partial charge in [-0.15, -0.1) is 0 Å². The van der Waals surface area contributed by atoms with Crippen molar-refractivity contribution < 1.29 is 10.2 Å². The molecule has 1 heterocycles. The molecular formula is C7H10N6O2. The van der Waals surface area contributed by atoms with Crippen LogP contribution in [0.15, 0.2) is 17.5 Å². The summed E-state index contributed by atoms with van der Waals surface area (Å²) in [6.07, 6.45) is 0.0560. The first kappa shape index (κ1) is 11.2. The van der Waals surface area contributed by atoms with Gasteiger partial charge in [0.15, 0.2) is 0 Å². The van der Waals surface area contributed by atoms with Gasteiger partial charge < -0.3 is 15.9 Å². The average molecular weight is 210 g/mol. The van der Waals surface area contributed by atoms with Crippen LogP contribution in [0.25, 0.3) is 10.4 Å². The number of anilines is 1. The summed E-state index contributed by atoms with van der Waals surface area (Å²) in [7, 11) is 0. The monoisotopic (exact) mass is 210 g/mol. The van der Waals surface area contributed by atoms with Crippen molar-refractivity contribution in [1.29, 1.82) is 0 Å². The fourth-order valence-corrected chi connectivity index (χ4v) is 0.918. The van der Waals surface area contributed by atoms with Crippen LogP contribution in [0.3, 0.4) is 0 Å². The molecule has 0 amide bonds. The number of azide groups is 1. The number of hydrogen-bond acceptors (Lipinski definition) is 6. The van der Waals surface area contributed by atoms with Gasteiger partial charge in [0.25, 0.3) is 0 Å². The van der Waals surface area contributed by atoms with Crippen molar-refractivity contribution in [2.24, 2.45) is 5.11 Å². The number of rotatable bonds is 4. The molecule has 2 atom stereocenters. The number of aliphatic hydroxyl groups excluding tert-OH is 2. The Morgan fingerprint density at radius 1 is 1.47 bits per heavy atom. The Bertz CT molecular complexity index is 360. The molecule has 0 bridgehead atoms. The van der Waals surface area contributed by atoms with Crippen molar-refractivity contribution in [3.05, 3.63) is 28.5 Å². The highest BCUT2D eigenvalue weighted by molar-refractivity contribution is 5.23. The molecule has 0 aliphatic carbocycles. The minimum Gasteiger partial charge on any atom is -0.390 e. The van der Waals surface area contributed by atoms with E-state index in [1.54, 1.807) is 0 Å². The highest BCUT2D eigenvalue weighted by Gasteiger charge is 2.18. The Morgan fingerprint density at radius 3 is 2.73 bits per heavy atom. The topological polar surface area (TPSA) is 141 Å². The molecule has 8 heteroatoms. The normalized spacial score (nSPS) is 14.0. The largest absolute Gasteiger partial charge is 0.390 e. The molecule has 1 aromatic heterocycles. The minimum atomic E-state index is -1.25. The van der Waals surface area contributed by atoms with Gasteiger partial charge in [-0.1, -0.05) is 5.11 Å². The Labute approximate surface area is 85.0 Å². The maximum absolute atomic E-state index is 9.53. The molecule has 0 aliphatic heterocycles. The van der Waals surface area contributed by atoms with Crippen molar-refractivity contribution in [1.82, 2.24) is 9.97 Å². The summed E-state index contributed by atoms with van der Waals surface area (Å²) in [5.74, 6) is 0.218.